The molecule has 0 saturated carbocycles. The van der Waals surface area contributed by atoms with E-state index in [-0.39, 0.29) is 6.04 Å². The summed E-state index contributed by atoms with van der Waals surface area (Å²) < 4.78 is 21.4. The van der Waals surface area contributed by atoms with Crippen molar-refractivity contribution >= 4 is 0 Å². The van der Waals surface area contributed by atoms with Gasteiger partial charge in [0.05, 0.1) is 40.2 Å². The van der Waals surface area contributed by atoms with Crippen LogP contribution in [0.25, 0.3) is 0 Å². The van der Waals surface area contributed by atoms with E-state index in [9.17, 15) is 0 Å². The molecule has 0 aliphatic carbocycles. The van der Waals surface area contributed by atoms with Gasteiger partial charge in [-0.05, 0) is 36.1 Å². The van der Waals surface area contributed by atoms with Crippen molar-refractivity contribution < 1.29 is 18.9 Å². The molecule has 1 aliphatic heterocycles. The fourth-order valence-electron chi connectivity index (χ4n) is 2.31. The highest BCUT2D eigenvalue weighted by Crippen LogP contribution is 2.40. The summed E-state index contributed by atoms with van der Waals surface area (Å²) in [4.78, 5) is 0. The third-order valence-corrected chi connectivity index (χ3v) is 3.41. The first-order valence-electron chi connectivity index (χ1n) is 6.57. The molecule has 1 atom stereocenters. The average molecular weight is 279 g/mol. The third-order valence-electron chi connectivity index (χ3n) is 3.41. The first-order valence-corrected chi connectivity index (χ1v) is 6.57. The van der Waals surface area contributed by atoms with E-state index >= 15 is 0 Å². The summed E-state index contributed by atoms with van der Waals surface area (Å²) >= 11 is 0. The van der Waals surface area contributed by atoms with E-state index in [1.807, 2.05) is 12.1 Å². The third kappa shape index (κ3) is 2.82. The summed E-state index contributed by atoms with van der Waals surface area (Å²) in [6.07, 6.45) is 3.69. The molecule has 0 radical (unpaired) electrons. The second-order valence-corrected chi connectivity index (χ2v) is 4.60. The second kappa shape index (κ2) is 6.52. The Morgan fingerprint density at radius 2 is 1.75 bits per heavy atom. The molecule has 0 fully saturated rings. The molecule has 0 spiro atoms. The number of hydrogen-bond acceptors (Lipinski definition) is 5. The summed E-state index contributed by atoms with van der Waals surface area (Å²) in [7, 11) is 4.77. The van der Waals surface area contributed by atoms with Gasteiger partial charge < -0.3 is 24.7 Å². The molecule has 5 nitrogen and oxygen atoms in total. The van der Waals surface area contributed by atoms with Crippen molar-refractivity contribution in [2.45, 2.75) is 18.9 Å². The van der Waals surface area contributed by atoms with Gasteiger partial charge in [0.1, 0.15) is 0 Å². The van der Waals surface area contributed by atoms with Gasteiger partial charge in [0.25, 0.3) is 0 Å². The van der Waals surface area contributed by atoms with Crippen LogP contribution in [0.3, 0.4) is 0 Å². The molecule has 1 aliphatic rings. The van der Waals surface area contributed by atoms with E-state index in [0.717, 1.165) is 30.6 Å². The van der Waals surface area contributed by atoms with Crippen LogP contribution in [0.1, 0.15) is 24.4 Å². The maximum Gasteiger partial charge on any atom is 0.203 e. The van der Waals surface area contributed by atoms with Gasteiger partial charge in [-0.2, -0.15) is 0 Å². The Hall–Kier alpha value is -1.88. The summed E-state index contributed by atoms with van der Waals surface area (Å²) in [5, 5.41) is 0. The van der Waals surface area contributed by atoms with Crippen molar-refractivity contribution in [3.8, 4) is 17.2 Å². The zero-order valence-corrected chi connectivity index (χ0v) is 12.1. The molecule has 1 aromatic rings. The minimum Gasteiger partial charge on any atom is -0.501 e. The first-order chi connectivity index (χ1) is 9.71. The standard InChI is InChI=1S/C15H21NO4/c1-17-12-7-11(8-13(18-2)15(12)19-3)14(16)10-5-4-6-20-9-10/h7-9,14H,4-6,16H2,1-3H3. The SMILES string of the molecule is COc1cc(C(N)C2=COCCC2)cc(OC)c1OC. The molecule has 2 rings (SSSR count). The Morgan fingerprint density at radius 3 is 2.20 bits per heavy atom. The van der Waals surface area contributed by atoms with Crippen molar-refractivity contribution in [2.24, 2.45) is 5.73 Å². The maximum atomic E-state index is 6.31. The Kier molecular flexibility index (Phi) is 4.74. The largest absolute Gasteiger partial charge is 0.501 e. The van der Waals surface area contributed by atoms with Crippen LogP contribution in [0.15, 0.2) is 24.0 Å². The Labute approximate surface area is 119 Å². The summed E-state index contributed by atoms with van der Waals surface area (Å²) in [5.41, 5.74) is 8.30. The number of hydrogen-bond donors (Lipinski definition) is 1. The van der Waals surface area contributed by atoms with Crippen LogP contribution in [0.2, 0.25) is 0 Å². The van der Waals surface area contributed by atoms with Gasteiger partial charge in [-0.1, -0.05) is 0 Å². The molecule has 2 N–H and O–H groups in total. The lowest BCUT2D eigenvalue weighted by molar-refractivity contribution is 0.221. The van der Waals surface area contributed by atoms with E-state index < -0.39 is 0 Å². The topological polar surface area (TPSA) is 62.9 Å². The molecule has 110 valence electrons. The molecule has 1 heterocycles. The van der Waals surface area contributed by atoms with Crippen LogP contribution >= 0.6 is 0 Å². The fourth-order valence-corrected chi connectivity index (χ4v) is 2.31. The molecule has 5 heteroatoms. The first kappa shape index (κ1) is 14.5. The van der Waals surface area contributed by atoms with Crippen LogP contribution < -0.4 is 19.9 Å². The van der Waals surface area contributed by atoms with Gasteiger partial charge in [-0.3, -0.25) is 0 Å². The minimum absolute atomic E-state index is 0.232. The molecular formula is C15H21NO4. The average Bonchev–Trinajstić information content (AvgIpc) is 2.53. The van der Waals surface area contributed by atoms with Crippen molar-refractivity contribution in [1.29, 1.82) is 0 Å². The molecule has 20 heavy (non-hydrogen) atoms. The minimum atomic E-state index is -0.232. The zero-order chi connectivity index (χ0) is 14.5. The van der Waals surface area contributed by atoms with E-state index in [1.165, 1.54) is 0 Å². The summed E-state index contributed by atoms with van der Waals surface area (Å²) in [6, 6.07) is 3.52. The molecule has 0 bridgehead atoms. The van der Waals surface area contributed by atoms with Crippen molar-refractivity contribution in [3.63, 3.8) is 0 Å². The highest BCUT2D eigenvalue weighted by molar-refractivity contribution is 5.55. The zero-order valence-electron chi connectivity index (χ0n) is 12.1. The van der Waals surface area contributed by atoms with E-state index in [4.69, 9.17) is 24.7 Å². The molecule has 1 unspecified atom stereocenters. The molecule has 0 aromatic heterocycles. The van der Waals surface area contributed by atoms with Crippen LogP contribution in [0, 0.1) is 0 Å². The van der Waals surface area contributed by atoms with Crippen LogP contribution in [0.4, 0.5) is 0 Å². The lowest BCUT2D eigenvalue weighted by atomic mass is 9.95. The Bertz CT molecular complexity index is 474. The van der Waals surface area contributed by atoms with Crippen molar-refractivity contribution in [2.75, 3.05) is 27.9 Å². The predicted molar refractivity (Wildman–Crippen MR) is 76.3 cm³/mol. The number of methoxy groups -OCH3 is 3. The van der Waals surface area contributed by atoms with Crippen molar-refractivity contribution in [3.05, 3.63) is 29.5 Å². The van der Waals surface area contributed by atoms with Crippen LogP contribution in [0.5, 0.6) is 17.2 Å². The van der Waals surface area contributed by atoms with Crippen LogP contribution in [-0.4, -0.2) is 27.9 Å². The lowest BCUT2D eigenvalue weighted by Gasteiger charge is -2.22. The van der Waals surface area contributed by atoms with Gasteiger partial charge in [0, 0.05) is 0 Å². The van der Waals surface area contributed by atoms with E-state index in [1.54, 1.807) is 27.6 Å². The second-order valence-electron chi connectivity index (χ2n) is 4.60. The maximum absolute atomic E-state index is 6.31. The monoisotopic (exact) mass is 279 g/mol. The quantitative estimate of drug-likeness (QED) is 0.896. The number of nitrogens with two attached hydrogens (primary N) is 1. The molecular weight excluding hydrogens is 258 g/mol. The van der Waals surface area contributed by atoms with Crippen LogP contribution in [-0.2, 0) is 4.74 Å². The van der Waals surface area contributed by atoms with Gasteiger partial charge in [-0.15, -0.1) is 0 Å². The molecule has 1 aromatic carbocycles. The van der Waals surface area contributed by atoms with E-state index in [0.29, 0.717) is 17.2 Å². The predicted octanol–water partition coefficient (Wildman–Crippen LogP) is 2.41. The fraction of sp³-hybridized carbons (Fsp3) is 0.467. The lowest BCUT2D eigenvalue weighted by Crippen LogP contribution is -2.16. The van der Waals surface area contributed by atoms with E-state index in [2.05, 4.69) is 0 Å². The number of benzene rings is 1. The normalized spacial score (nSPS) is 15.9. The molecule has 0 amide bonds. The van der Waals surface area contributed by atoms with Gasteiger partial charge >= 0.3 is 0 Å². The molecule has 0 saturated heterocycles. The number of ether oxygens (including phenoxy) is 4. The highest BCUT2D eigenvalue weighted by Gasteiger charge is 2.20. The summed E-state index contributed by atoms with van der Waals surface area (Å²) in [5.74, 6) is 1.78. The van der Waals surface area contributed by atoms with Gasteiger partial charge in [0.15, 0.2) is 11.5 Å². The van der Waals surface area contributed by atoms with Crippen molar-refractivity contribution in [1.82, 2.24) is 0 Å². The van der Waals surface area contributed by atoms with Gasteiger partial charge in [0.2, 0.25) is 5.75 Å². The Balaban J connectivity index is 2.38. The van der Waals surface area contributed by atoms with Gasteiger partial charge in [-0.25, -0.2) is 0 Å². The number of rotatable bonds is 5. The highest BCUT2D eigenvalue weighted by atomic mass is 16.5. The smallest absolute Gasteiger partial charge is 0.203 e. The summed E-state index contributed by atoms with van der Waals surface area (Å²) in [6.45, 7) is 0.755. The Morgan fingerprint density at radius 1 is 1.10 bits per heavy atom.